The van der Waals surface area contributed by atoms with Crippen molar-refractivity contribution in [2.45, 2.75) is 19.9 Å². The van der Waals surface area contributed by atoms with Gasteiger partial charge in [0.05, 0.1) is 0 Å². The van der Waals surface area contributed by atoms with Crippen molar-refractivity contribution >= 4 is 11.2 Å². The summed E-state index contributed by atoms with van der Waals surface area (Å²) in [6.07, 6.45) is 2.78. The first kappa shape index (κ1) is 11.1. The zero-order valence-corrected chi connectivity index (χ0v) is 10.1. The van der Waals surface area contributed by atoms with Crippen LogP contribution in [0.2, 0.25) is 0 Å². The molecule has 0 aliphatic heterocycles. The van der Waals surface area contributed by atoms with Crippen LogP contribution in [0.1, 0.15) is 12.7 Å². The molecule has 2 aromatic rings. The molecule has 0 aromatic carbocycles. The second-order valence-electron chi connectivity index (χ2n) is 4.18. The molecule has 0 amide bonds. The van der Waals surface area contributed by atoms with Crippen LogP contribution in [0.25, 0.3) is 11.2 Å². The van der Waals surface area contributed by atoms with E-state index in [1.54, 1.807) is 0 Å². The average Bonchev–Trinajstić information content (AvgIpc) is 2.64. The number of aryl methyl sites for hydroxylation is 1. The Morgan fingerprint density at radius 2 is 2.19 bits per heavy atom. The molecule has 0 atom stereocenters. The van der Waals surface area contributed by atoms with E-state index in [0.717, 1.165) is 36.5 Å². The first-order valence-corrected chi connectivity index (χ1v) is 5.67. The summed E-state index contributed by atoms with van der Waals surface area (Å²) in [5, 5.41) is 0. The molecule has 0 spiro atoms. The lowest BCUT2D eigenvalue weighted by atomic mass is 10.4. The van der Waals surface area contributed by atoms with Gasteiger partial charge in [0.15, 0.2) is 5.65 Å². The van der Waals surface area contributed by atoms with Gasteiger partial charge in [-0.1, -0.05) is 6.92 Å². The molecule has 0 fully saturated rings. The number of imidazole rings is 1. The van der Waals surface area contributed by atoms with E-state index in [0.29, 0.717) is 0 Å². The molecular formula is C12H18N4. The SMILES string of the molecule is CCc1nc2cccnc2n1CCN(C)C. The molecule has 0 radical (unpaired) electrons. The maximum Gasteiger partial charge on any atom is 0.160 e. The maximum absolute atomic E-state index is 4.59. The minimum atomic E-state index is 0.948. The molecule has 2 aromatic heterocycles. The lowest BCUT2D eigenvalue weighted by molar-refractivity contribution is 0.383. The zero-order chi connectivity index (χ0) is 11.5. The third-order valence-electron chi connectivity index (χ3n) is 2.67. The predicted octanol–water partition coefficient (Wildman–Crippen LogP) is 1.56. The van der Waals surface area contributed by atoms with E-state index in [1.807, 2.05) is 18.3 Å². The molecule has 2 heterocycles. The van der Waals surface area contributed by atoms with Gasteiger partial charge in [0.1, 0.15) is 11.3 Å². The van der Waals surface area contributed by atoms with Gasteiger partial charge in [-0.25, -0.2) is 9.97 Å². The van der Waals surface area contributed by atoms with Crippen molar-refractivity contribution in [2.75, 3.05) is 20.6 Å². The fraction of sp³-hybridized carbons (Fsp3) is 0.500. The van der Waals surface area contributed by atoms with Gasteiger partial charge in [-0.3, -0.25) is 0 Å². The quantitative estimate of drug-likeness (QED) is 0.781. The number of aromatic nitrogens is 3. The normalized spacial score (nSPS) is 11.5. The van der Waals surface area contributed by atoms with Crippen LogP contribution >= 0.6 is 0 Å². The number of hydrogen-bond acceptors (Lipinski definition) is 3. The molecule has 0 aliphatic carbocycles. The fourth-order valence-electron chi connectivity index (χ4n) is 1.81. The molecule has 0 unspecified atom stereocenters. The third kappa shape index (κ3) is 2.07. The van der Waals surface area contributed by atoms with Gasteiger partial charge in [0.2, 0.25) is 0 Å². The van der Waals surface area contributed by atoms with Crippen molar-refractivity contribution in [3.05, 3.63) is 24.2 Å². The van der Waals surface area contributed by atoms with Crippen molar-refractivity contribution in [3.63, 3.8) is 0 Å². The van der Waals surface area contributed by atoms with E-state index in [4.69, 9.17) is 0 Å². The molecule has 0 saturated heterocycles. The second-order valence-corrected chi connectivity index (χ2v) is 4.18. The van der Waals surface area contributed by atoms with Crippen LogP contribution in [-0.4, -0.2) is 40.1 Å². The number of nitrogens with zero attached hydrogens (tertiary/aromatic N) is 4. The van der Waals surface area contributed by atoms with Crippen LogP contribution in [0.5, 0.6) is 0 Å². The number of hydrogen-bond donors (Lipinski definition) is 0. The molecule has 16 heavy (non-hydrogen) atoms. The van der Waals surface area contributed by atoms with Gasteiger partial charge in [0.25, 0.3) is 0 Å². The Morgan fingerprint density at radius 3 is 2.88 bits per heavy atom. The van der Waals surface area contributed by atoms with E-state index in [1.165, 1.54) is 0 Å². The van der Waals surface area contributed by atoms with Crippen molar-refractivity contribution in [1.82, 2.24) is 19.4 Å². The Balaban J connectivity index is 2.39. The van der Waals surface area contributed by atoms with Crippen molar-refractivity contribution < 1.29 is 0 Å². The fourth-order valence-corrected chi connectivity index (χ4v) is 1.81. The zero-order valence-electron chi connectivity index (χ0n) is 10.1. The number of pyridine rings is 1. The van der Waals surface area contributed by atoms with Crippen LogP contribution < -0.4 is 0 Å². The molecule has 4 heteroatoms. The molecule has 86 valence electrons. The summed E-state index contributed by atoms with van der Waals surface area (Å²) in [5.41, 5.74) is 2.00. The largest absolute Gasteiger partial charge is 0.311 e. The predicted molar refractivity (Wildman–Crippen MR) is 65.5 cm³/mol. The smallest absolute Gasteiger partial charge is 0.160 e. The van der Waals surface area contributed by atoms with Crippen LogP contribution in [0.4, 0.5) is 0 Å². The highest BCUT2D eigenvalue weighted by Gasteiger charge is 2.09. The summed E-state index contributed by atoms with van der Waals surface area (Å²) >= 11 is 0. The van der Waals surface area contributed by atoms with Gasteiger partial charge in [-0.15, -0.1) is 0 Å². The van der Waals surface area contributed by atoms with Crippen molar-refractivity contribution in [3.8, 4) is 0 Å². The van der Waals surface area contributed by atoms with Crippen molar-refractivity contribution in [2.24, 2.45) is 0 Å². The summed E-state index contributed by atoms with van der Waals surface area (Å²) in [5.74, 6) is 1.12. The highest BCUT2D eigenvalue weighted by Crippen LogP contribution is 2.13. The molecule has 0 bridgehead atoms. The van der Waals surface area contributed by atoms with E-state index in [-0.39, 0.29) is 0 Å². The lowest BCUT2D eigenvalue weighted by Gasteiger charge is -2.12. The summed E-state index contributed by atoms with van der Waals surface area (Å²) < 4.78 is 2.22. The summed E-state index contributed by atoms with van der Waals surface area (Å²) in [4.78, 5) is 11.2. The topological polar surface area (TPSA) is 34.0 Å². The first-order chi connectivity index (χ1) is 7.72. The first-order valence-electron chi connectivity index (χ1n) is 5.67. The van der Waals surface area contributed by atoms with Gasteiger partial charge in [-0.2, -0.15) is 0 Å². The molecule has 0 aliphatic rings. The summed E-state index contributed by atoms with van der Waals surface area (Å²) in [6.45, 7) is 4.09. The van der Waals surface area contributed by atoms with Gasteiger partial charge in [0, 0.05) is 25.7 Å². The highest BCUT2D eigenvalue weighted by atomic mass is 15.2. The molecule has 0 N–H and O–H groups in total. The minimum absolute atomic E-state index is 0.948. The van der Waals surface area contributed by atoms with E-state index in [2.05, 4.69) is 40.5 Å². The van der Waals surface area contributed by atoms with Crippen LogP contribution in [0.15, 0.2) is 18.3 Å². The van der Waals surface area contributed by atoms with E-state index < -0.39 is 0 Å². The summed E-state index contributed by atoms with van der Waals surface area (Å²) in [6, 6.07) is 3.96. The standard InChI is InChI=1S/C12H18N4/c1-4-11-14-10-6-5-7-13-12(10)16(11)9-8-15(2)3/h5-7H,4,8-9H2,1-3H3. The van der Waals surface area contributed by atoms with Crippen molar-refractivity contribution in [1.29, 1.82) is 0 Å². The summed E-state index contributed by atoms with van der Waals surface area (Å²) in [7, 11) is 4.16. The minimum Gasteiger partial charge on any atom is -0.311 e. The maximum atomic E-state index is 4.59. The molecular weight excluding hydrogens is 200 g/mol. The lowest BCUT2D eigenvalue weighted by Crippen LogP contribution is -2.19. The molecule has 2 rings (SSSR count). The Kier molecular flexibility index (Phi) is 3.19. The molecule has 4 nitrogen and oxygen atoms in total. The average molecular weight is 218 g/mol. The highest BCUT2D eigenvalue weighted by molar-refractivity contribution is 5.71. The Hall–Kier alpha value is -1.42. The number of fused-ring (bicyclic) bond motifs is 1. The number of likely N-dealkylation sites (N-methyl/N-ethyl adjacent to an activating group) is 1. The third-order valence-corrected chi connectivity index (χ3v) is 2.67. The number of rotatable bonds is 4. The Labute approximate surface area is 95.9 Å². The van der Waals surface area contributed by atoms with Gasteiger partial charge < -0.3 is 9.47 Å². The van der Waals surface area contributed by atoms with Crippen LogP contribution in [0.3, 0.4) is 0 Å². The van der Waals surface area contributed by atoms with Crippen LogP contribution in [-0.2, 0) is 13.0 Å². The molecule has 0 saturated carbocycles. The van der Waals surface area contributed by atoms with E-state index in [9.17, 15) is 0 Å². The Morgan fingerprint density at radius 1 is 1.38 bits per heavy atom. The van der Waals surface area contributed by atoms with Crippen LogP contribution in [0, 0.1) is 0 Å². The van der Waals surface area contributed by atoms with Gasteiger partial charge >= 0.3 is 0 Å². The Bertz CT molecular complexity index is 473. The van der Waals surface area contributed by atoms with E-state index >= 15 is 0 Å². The second kappa shape index (κ2) is 4.61. The monoisotopic (exact) mass is 218 g/mol. The van der Waals surface area contributed by atoms with Gasteiger partial charge in [-0.05, 0) is 26.2 Å².